The normalized spacial score (nSPS) is 33.2. The summed E-state index contributed by atoms with van der Waals surface area (Å²) in [5, 5.41) is 12.3. The molecule has 4 heteroatoms. The third-order valence-corrected chi connectivity index (χ3v) is 25.4. The molecule has 10 aromatic rings. The van der Waals surface area contributed by atoms with Gasteiger partial charge in [0.05, 0.1) is 33.1 Å². The number of benzene rings is 6. The fraction of sp³-hybridized carbons (Fsp3) is 0.457. The van der Waals surface area contributed by atoms with Gasteiger partial charge in [0.1, 0.15) is 0 Å². The van der Waals surface area contributed by atoms with E-state index >= 15 is 0 Å². The van der Waals surface area contributed by atoms with Crippen LogP contribution in [0.1, 0.15) is 215 Å². The fourth-order valence-electron chi connectivity index (χ4n) is 23.0. The van der Waals surface area contributed by atoms with Gasteiger partial charge in [0.2, 0.25) is 0 Å². The van der Waals surface area contributed by atoms with Crippen LogP contribution in [0.2, 0.25) is 0 Å². The monoisotopic (exact) mass is 960 g/mol. The SMILES string of the molecule is O=C1c2cc3c(cc2C2CCC1CC2)c1c2c4c(c5c6c7c(ccc6n3c15)C1CC3CC7CC1C3)CCc1c-4c(c3c4cc5c(cc4n4c6ccc7c(c6c1c34)C1CC3CC7CC1C3)C(=O)C1CCC5CC1)CC2. The van der Waals surface area contributed by atoms with Gasteiger partial charge in [-0.2, -0.15) is 0 Å². The Balaban J connectivity index is 0.938. The molecule has 0 amide bonds. The Morgan fingerprint density at radius 1 is 0.365 bits per heavy atom. The minimum atomic E-state index is 0.183. The molecule has 6 fully saturated rings. The van der Waals surface area contributed by atoms with Gasteiger partial charge < -0.3 is 8.80 Å². The van der Waals surface area contributed by atoms with Crippen LogP contribution in [-0.2, 0) is 25.7 Å². The molecule has 4 nitrogen and oxygen atoms in total. The first-order valence-corrected chi connectivity index (χ1v) is 30.3. The molecule has 8 unspecified atom stereocenters. The standard InChI is InChI=1S/C70H60N2O2/c73-69-33-5-1-31(2-6-33)46-25-51-55(27-49(46)69)71-53-16-14-40-45-21-30-18-36(45)24-38(20-30)57(40)65(53)63-43-11-12-44-60-42(10-9-41(59(43)60)61(51)67(63)71)62-52-26-47-32-3-7-34(8-4-32)70(74)50(47)28-56(52)72-54-15-13-39-35-17-29-19-37(23-35)48(22-29)58(39)66(54)64(44)68(62)72/h13-16,25-38,45,48H,1-12,17-24H2. The molecule has 4 heterocycles. The molecule has 10 bridgehead atoms. The highest BCUT2D eigenvalue weighted by Gasteiger charge is 2.51. The highest BCUT2D eigenvalue weighted by atomic mass is 16.1. The molecule has 0 radical (unpaired) electrons. The van der Waals surface area contributed by atoms with Crippen molar-refractivity contribution in [3.63, 3.8) is 0 Å². The lowest BCUT2D eigenvalue weighted by Gasteiger charge is -2.37. The number of carbonyl (C=O) groups is 2. The van der Waals surface area contributed by atoms with Gasteiger partial charge in [-0.15, -0.1) is 0 Å². The largest absolute Gasteiger partial charge is 0.308 e. The van der Waals surface area contributed by atoms with Gasteiger partial charge >= 0.3 is 0 Å². The van der Waals surface area contributed by atoms with Crippen molar-refractivity contribution in [3.05, 3.63) is 115 Å². The van der Waals surface area contributed by atoms with Crippen LogP contribution in [0.15, 0.2) is 48.5 Å². The Labute approximate surface area is 429 Å². The minimum absolute atomic E-state index is 0.183. The molecule has 362 valence electrons. The van der Waals surface area contributed by atoms with Crippen molar-refractivity contribution in [2.75, 3.05) is 0 Å². The molecule has 14 aliphatic carbocycles. The summed E-state index contributed by atoms with van der Waals surface area (Å²) in [5.74, 6) is 8.33. The fourth-order valence-corrected chi connectivity index (χ4v) is 23.0. The lowest BCUT2D eigenvalue weighted by Crippen LogP contribution is -2.23. The average molecular weight is 961 g/mol. The number of rotatable bonds is 0. The van der Waals surface area contributed by atoms with Crippen molar-refractivity contribution in [3.8, 4) is 11.1 Å². The van der Waals surface area contributed by atoms with Crippen molar-refractivity contribution in [2.24, 2.45) is 35.5 Å². The van der Waals surface area contributed by atoms with E-state index in [2.05, 4.69) is 57.3 Å². The smallest absolute Gasteiger partial charge is 0.166 e. The zero-order valence-electron chi connectivity index (χ0n) is 42.4. The molecule has 6 aromatic carbocycles. The topological polar surface area (TPSA) is 43.0 Å². The summed E-state index contributed by atoms with van der Waals surface area (Å²) < 4.78 is 5.50. The highest BCUT2D eigenvalue weighted by Crippen LogP contribution is 2.66. The van der Waals surface area contributed by atoms with Crippen LogP contribution in [0, 0.1) is 35.5 Å². The van der Waals surface area contributed by atoms with Crippen molar-refractivity contribution >= 4 is 87.8 Å². The lowest BCUT2D eigenvalue weighted by molar-refractivity contribution is 0.0891. The third-order valence-electron chi connectivity index (χ3n) is 25.4. The number of fused-ring (bicyclic) bond motifs is 32. The average Bonchev–Trinajstić information content (AvgIpc) is 4.32. The van der Waals surface area contributed by atoms with Gasteiger partial charge in [-0.1, -0.05) is 12.1 Å². The van der Waals surface area contributed by atoms with Crippen LogP contribution in [0.4, 0.5) is 0 Å². The van der Waals surface area contributed by atoms with E-state index in [1.807, 2.05) is 0 Å². The van der Waals surface area contributed by atoms with E-state index in [4.69, 9.17) is 0 Å². The summed E-state index contributed by atoms with van der Waals surface area (Å²) >= 11 is 0. The van der Waals surface area contributed by atoms with Crippen LogP contribution >= 0.6 is 0 Å². The maximum atomic E-state index is 14.7. The molecule has 0 N–H and O–H groups in total. The molecular weight excluding hydrogens is 901 g/mol. The van der Waals surface area contributed by atoms with E-state index in [0.717, 1.165) is 112 Å². The second kappa shape index (κ2) is 12.4. The van der Waals surface area contributed by atoms with Crippen molar-refractivity contribution in [2.45, 2.75) is 164 Å². The number of hydrogen-bond acceptors (Lipinski definition) is 2. The Hall–Kier alpha value is -5.74. The zero-order chi connectivity index (χ0) is 47.2. The summed E-state index contributed by atoms with van der Waals surface area (Å²) in [6.07, 6.45) is 24.2. The molecule has 24 rings (SSSR count). The van der Waals surface area contributed by atoms with Gasteiger partial charge in [-0.3, -0.25) is 9.59 Å². The molecule has 0 spiro atoms. The van der Waals surface area contributed by atoms with E-state index in [1.54, 1.807) is 77.2 Å². The maximum Gasteiger partial charge on any atom is 0.166 e. The van der Waals surface area contributed by atoms with Gasteiger partial charge in [0.15, 0.2) is 11.6 Å². The molecule has 8 atom stereocenters. The number of carbonyl (C=O) groups excluding carboxylic acids is 2. The van der Waals surface area contributed by atoms with Crippen molar-refractivity contribution < 1.29 is 9.59 Å². The van der Waals surface area contributed by atoms with Gasteiger partial charge in [0.25, 0.3) is 0 Å². The summed E-state index contributed by atoms with van der Waals surface area (Å²) in [6.45, 7) is 0. The second-order valence-corrected chi connectivity index (χ2v) is 27.9. The predicted octanol–water partition coefficient (Wildman–Crippen LogP) is 16.8. The quantitative estimate of drug-likeness (QED) is 0.152. The Morgan fingerprint density at radius 2 is 0.838 bits per heavy atom. The van der Waals surface area contributed by atoms with Crippen LogP contribution in [0.3, 0.4) is 0 Å². The predicted molar refractivity (Wildman–Crippen MR) is 296 cm³/mol. The van der Waals surface area contributed by atoms with Gasteiger partial charge in [-0.05, 0) is 291 Å². The lowest BCUT2D eigenvalue weighted by atomic mass is 9.66. The van der Waals surface area contributed by atoms with Crippen LogP contribution in [0.5, 0.6) is 0 Å². The minimum Gasteiger partial charge on any atom is -0.308 e. The number of aryl methyl sites for hydroxylation is 4. The molecule has 74 heavy (non-hydrogen) atoms. The molecule has 14 aliphatic rings. The van der Waals surface area contributed by atoms with Crippen molar-refractivity contribution in [1.29, 1.82) is 0 Å². The van der Waals surface area contributed by atoms with E-state index < -0.39 is 0 Å². The Morgan fingerprint density at radius 3 is 1.42 bits per heavy atom. The summed E-state index contributed by atoms with van der Waals surface area (Å²) in [6, 6.07) is 20.5. The summed E-state index contributed by atoms with van der Waals surface area (Å²) in [4.78, 5) is 29.3. The summed E-state index contributed by atoms with van der Waals surface area (Å²) in [7, 11) is 0. The third kappa shape index (κ3) is 4.10. The van der Waals surface area contributed by atoms with E-state index in [1.165, 1.54) is 117 Å². The van der Waals surface area contributed by atoms with Crippen LogP contribution in [0.25, 0.3) is 87.3 Å². The number of aromatic nitrogens is 2. The first-order valence-electron chi connectivity index (χ1n) is 30.3. The van der Waals surface area contributed by atoms with E-state index in [-0.39, 0.29) is 11.8 Å². The molecule has 6 saturated carbocycles. The van der Waals surface area contributed by atoms with Gasteiger partial charge in [-0.25, -0.2) is 0 Å². The van der Waals surface area contributed by atoms with Crippen molar-refractivity contribution in [1.82, 2.24) is 8.80 Å². The molecular formula is C70H60N2O2. The summed E-state index contributed by atoms with van der Waals surface area (Å²) in [5.41, 5.74) is 29.9. The van der Waals surface area contributed by atoms with E-state index in [0.29, 0.717) is 47.1 Å². The number of nitrogens with zero attached hydrogens (tertiary/aromatic N) is 2. The second-order valence-electron chi connectivity index (χ2n) is 27.9. The molecule has 4 aromatic heterocycles. The number of hydrogen-bond donors (Lipinski definition) is 0. The van der Waals surface area contributed by atoms with Crippen LogP contribution in [-0.4, -0.2) is 20.4 Å². The first-order chi connectivity index (χ1) is 36.5. The number of ketones is 2. The highest BCUT2D eigenvalue weighted by molar-refractivity contribution is 6.32. The zero-order valence-corrected chi connectivity index (χ0v) is 42.4. The number of Topliss-reactive ketones (excluding diaryl/α,β-unsaturated/α-hetero) is 2. The van der Waals surface area contributed by atoms with E-state index in [9.17, 15) is 9.59 Å². The molecule has 0 aliphatic heterocycles. The first kappa shape index (κ1) is 38.8. The maximum absolute atomic E-state index is 14.7. The Kier molecular flexibility index (Phi) is 6.50. The molecule has 0 saturated heterocycles. The van der Waals surface area contributed by atoms with Gasteiger partial charge in [0, 0.05) is 66.1 Å². The Bertz CT molecular complexity index is 4460. The van der Waals surface area contributed by atoms with Crippen LogP contribution < -0.4 is 0 Å².